The number of hydrogen-bond acceptors (Lipinski definition) is 4. The minimum atomic E-state index is -3.37. The molecule has 0 N–H and O–H groups in total. The summed E-state index contributed by atoms with van der Waals surface area (Å²) < 4.78 is 27.5. The molecule has 22 heavy (non-hydrogen) atoms. The van der Waals surface area contributed by atoms with E-state index in [1.165, 1.54) is 4.88 Å². The number of thiophene rings is 1. The van der Waals surface area contributed by atoms with Crippen molar-refractivity contribution >= 4 is 33.0 Å². The molecule has 1 fully saturated rings. The Labute approximate surface area is 140 Å². The molecule has 1 aliphatic rings. The molecule has 0 saturated carbocycles. The Bertz CT molecular complexity index is 723. The van der Waals surface area contributed by atoms with Gasteiger partial charge in [0, 0.05) is 37.6 Å². The molecule has 0 aliphatic carbocycles. The summed E-state index contributed by atoms with van der Waals surface area (Å²) in [6.45, 7) is 3.35. The molecule has 1 saturated heterocycles. The fourth-order valence-corrected chi connectivity index (χ4v) is 5.10. The number of nitrogens with zero attached hydrogens (tertiary/aromatic N) is 2. The van der Waals surface area contributed by atoms with Crippen molar-refractivity contribution in [3.63, 3.8) is 0 Å². The van der Waals surface area contributed by atoms with Crippen LogP contribution in [0.3, 0.4) is 0 Å². The molecular formula is C15H17ClN2O2S2. The number of piperazine rings is 1. The van der Waals surface area contributed by atoms with Crippen molar-refractivity contribution in [2.75, 3.05) is 26.2 Å². The summed E-state index contributed by atoms with van der Waals surface area (Å²) in [5.74, 6) is 0. The molecule has 0 radical (unpaired) electrons. The molecule has 0 bridgehead atoms. The van der Waals surface area contributed by atoms with Crippen molar-refractivity contribution in [3.8, 4) is 0 Å². The Morgan fingerprint density at radius 1 is 1.00 bits per heavy atom. The van der Waals surface area contributed by atoms with E-state index in [9.17, 15) is 8.42 Å². The van der Waals surface area contributed by atoms with Gasteiger partial charge in [-0.3, -0.25) is 4.90 Å². The Hall–Kier alpha value is -0.920. The van der Waals surface area contributed by atoms with E-state index in [-0.39, 0.29) is 0 Å². The van der Waals surface area contributed by atoms with Gasteiger partial charge in [0.05, 0.1) is 9.23 Å². The summed E-state index contributed by atoms with van der Waals surface area (Å²) in [6.07, 6.45) is 0. The SMILES string of the molecule is O=S(=O)(c1ccccc1)N1CCN(Cc2ccc(Cl)s2)CC1. The van der Waals surface area contributed by atoms with Crippen LogP contribution in [0.15, 0.2) is 47.4 Å². The van der Waals surface area contributed by atoms with E-state index in [4.69, 9.17) is 11.6 Å². The van der Waals surface area contributed by atoms with Crippen LogP contribution in [0.1, 0.15) is 4.88 Å². The van der Waals surface area contributed by atoms with Gasteiger partial charge >= 0.3 is 0 Å². The van der Waals surface area contributed by atoms with Crippen molar-refractivity contribution in [1.82, 2.24) is 9.21 Å². The molecule has 0 amide bonds. The van der Waals surface area contributed by atoms with Crippen molar-refractivity contribution in [3.05, 3.63) is 51.7 Å². The molecule has 118 valence electrons. The second kappa shape index (κ2) is 6.68. The quantitative estimate of drug-likeness (QED) is 0.845. The standard InChI is InChI=1S/C15H17ClN2O2S2/c16-15-7-6-13(21-15)12-17-8-10-18(11-9-17)22(19,20)14-4-2-1-3-5-14/h1-7H,8-12H2. The van der Waals surface area contributed by atoms with Crippen LogP contribution in [0, 0.1) is 0 Å². The second-order valence-corrected chi connectivity index (χ2v) is 8.94. The van der Waals surface area contributed by atoms with Crippen molar-refractivity contribution in [2.45, 2.75) is 11.4 Å². The zero-order valence-corrected chi connectivity index (χ0v) is 14.4. The molecule has 4 nitrogen and oxygen atoms in total. The number of rotatable bonds is 4. The smallest absolute Gasteiger partial charge is 0.243 e. The van der Waals surface area contributed by atoms with E-state index in [1.807, 2.05) is 18.2 Å². The fraction of sp³-hybridized carbons (Fsp3) is 0.333. The second-order valence-electron chi connectivity index (χ2n) is 5.20. The van der Waals surface area contributed by atoms with E-state index in [0.29, 0.717) is 18.0 Å². The first-order valence-corrected chi connectivity index (χ1v) is 9.71. The van der Waals surface area contributed by atoms with Crippen LogP contribution < -0.4 is 0 Å². The Morgan fingerprint density at radius 2 is 1.68 bits per heavy atom. The van der Waals surface area contributed by atoms with Crippen molar-refractivity contribution in [1.29, 1.82) is 0 Å². The summed E-state index contributed by atoms with van der Waals surface area (Å²) >= 11 is 7.52. The summed E-state index contributed by atoms with van der Waals surface area (Å²) in [5.41, 5.74) is 0. The Balaban J connectivity index is 1.62. The number of benzene rings is 1. The monoisotopic (exact) mass is 356 g/mol. The highest BCUT2D eigenvalue weighted by atomic mass is 35.5. The zero-order valence-electron chi connectivity index (χ0n) is 12.0. The Morgan fingerprint density at radius 3 is 2.27 bits per heavy atom. The van der Waals surface area contributed by atoms with Gasteiger partial charge in [-0.15, -0.1) is 11.3 Å². The molecule has 2 heterocycles. The number of sulfonamides is 1. The molecule has 1 aliphatic heterocycles. The Kier molecular flexibility index (Phi) is 4.84. The normalized spacial score (nSPS) is 17.7. The number of hydrogen-bond donors (Lipinski definition) is 0. The van der Waals surface area contributed by atoms with Crippen LogP contribution in [-0.2, 0) is 16.6 Å². The van der Waals surface area contributed by atoms with Gasteiger partial charge in [0.1, 0.15) is 0 Å². The predicted octanol–water partition coefficient (Wildman–Crippen LogP) is 2.91. The minimum Gasteiger partial charge on any atom is -0.296 e. The predicted molar refractivity (Wildman–Crippen MR) is 89.8 cm³/mol. The largest absolute Gasteiger partial charge is 0.296 e. The lowest BCUT2D eigenvalue weighted by Gasteiger charge is -2.33. The van der Waals surface area contributed by atoms with Gasteiger partial charge < -0.3 is 0 Å². The molecule has 0 unspecified atom stereocenters. The molecule has 0 atom stereocenters. The van der Waals surface area contributed by atoms with Crippen molar-refractivity contribution in [2.24, 2.45) is 0 Å². The van der Waals surface area contributed by atoms with Crippen molar-refractivity contribution < 1.29 is 8.42 Å². The molecule has 2 aromatic rings. The van der Waals surface area contributed by atoms with Gasteiger partial charge in [-0.25, -0.2) is 8.42 Å². The maximum atomic E-state index is 12.5. The first kappa shape index (κ1) is 16.0. The van der Waals surface area contributed by atoms with Crippen LogP contribution in [0.5, 0.6) is 0 Å². The minimum absolute atomic E-state index is 0.369. The highest BCUT2D eigenvalue weighted by Gasteiger charge is 2.28. The molecule has 1 aromatic carbocycles. The van der Waals surface area contributed by atoms with E-state index in [1.54, 1.807) is 39.9 Å². The molecule has 7 heteroatoms. The first-order valence-electron chi connectivity index (χ1n) is 7.07. The summed E-state index contributed by atoms with van der Waals surface area (Å²) in [5, 5.41) is 0. The van der Waals surface area contributed by atoms with Crippen LogP contribution in [0.25, 0.3) is 0 Å². The van der Waals surface area contributed by atoms with E-state index < -0.39 is 10.0 Å². The first-order chi connectivity index (χ1) is 10.6. The summed E-state index contributed by atoms with van der Waals surface area (Å²) in [4.78, 5) is 3.84. The lowest BCUT2D eigenvalue weighted by Crippen LogP contribution is -2.48. The molecule has 3 rings (SSSR count). The lowest BCUT2D eigenvalue weighted by atomic mass is 10.3. The summed E-state index contributed by atoms with van der Waals surface area (Å²) in [6, 6.07) is 12.6. The van der Waals surface area contributed by atoms with Gasteiger partial charge in [-0.2, -0.15) is 4.31 Å². The van der Waals surface area contributed by atoms with E-state index in [0.717, 1.165) is 24.0 Å². The van der Waals surface area contributed by atoms with Crippen LogP contribution in [-0.4, -0.2) is 43.8 Å². The highest BCUT2D eigenvalue weighted by Crippen LogP contribution is 2.24. The van der Waals surface area contributed by atoms with E-state index in [2.05, 4.69) is 4.90 Å². The maximum absolute atomic E-state index is 12.5. The molecule has 1 aromatic heterocycles. The van der Waals surface area contributed by atoms with Crippen LogP contribution in [0.4, 0.5) is 0 Å². The number of halogens is 1. The third-order valence-corrected chi connectivity index (χ3v) is 6.85. The third kappa shape index (κ3) is 3.52. The van der Waals surface area contributed by atoms with Gasteiger partial charge in [-0.1, -0.05) is 29.8 Å². The molecular weight excluding hydrogens is 340 g/mol. The maximum Gasteiger partial charge on any atom is 0.243 e. The van der Waals surface area contributed by atoms with Crippen LogP contribution >= 0.6 is 22.9 Å². The lowest BCUT2D eigenvalue weighted by molar-refractivity contribution is 0.183. The topological polar surface area (TPSA) is 40.6 Å². The van der Waals surface area contributed by atoms with Gasteiger partial charge in [0.15, 0.2) is 0 Å². The highest BCUT2D eigenvalue weighted by molar-refractivity contribution is 7.89. The average molecular weight is 357 g/mol. The summed E-state index contributed by atoms with van der Waals surface area (Å²) in [7, 11) is -3.37. The third-order valence-electron chi connectivity index (χ3n) is 3.72. The average Bonchev–Trinajstić information content (AvgIpc) is 2.94. The van der Waals surface area contributed by atoms with Gasteiger partial charge in [0.2, 0.25) is 10.0 Å². The van der Waals surface area contributed by atoms with Crippen LogP contribution in [0.2, 0.25) is 4.34 Å². The fourth-order valence-electron chi connectivity index (χ4n) is 2.53. The van der Waals surface area contributed by atoms with Gasteiger partial charge in [0.25, 0.3) is 0 Å². The zero-order chi connectivity index (χ0) is 15.6. The van der Waals surface area contributed by atoms with E-state index >= 15 is 0 Å². The van der Waals surface area contributed by atoms with Gasteiger partial charge in [-0.05, 0) is 24.3 Å². The molecule has 0 spiro atoms.